The molecule has 0 aliphatic heterocycles. The summed E-state index contributed by atoms with van der Waals surface area (Å²) < 4.78 is 39.0. The molecule has 1 aliphatic rings. The highest BCUT2D eigenvalue weighted by molar-refractivity contribution is 5.97. The van der Waals surface area contributed by atoms with Crippen molar-refractivity contribution in [2.45, 2.75) is 44.8 Å². The molecule has 1 amide bonds. The van der Waals surface area contributed by atoms with Crippen LogP contribution in [0.15, 0.2) is 30.5 Å². The summed E-state index contributed by atoms with van der Waals surface area (Å²) in [5.41, 5.74) is -0.623. The summed E-state index contributed by atoms with van der Waals surface area (Å²) in [6.07, 6.45) is 0.789. The Bertz CT molecular complexity index is 750. The molecule has 1 N–H and O–H groups in total. The van der Waals surface area contributed by atoms with Crippen LogP contribution in [0.4, 0.5) is 13.2 Å². The Morgan fingerprint density at radius 2 is 1.92 bits per heavy atom. The van der Waals surface area contributed by atoms with E-state index in [-0.39, 0.29) is 17.5 Å². The van der Waals surface area contributed by atoms with Crippen molar-refractivity contribution in [3.63, 3.8) is 0 Å². The number of benzene rings is 1. The minimum absolute atomic E-state index is 0.130. The monoisotopic (exact) mass is 336 g/mol. The van der Waals surface area contributed by atoms with Gasteiger partial charge in [-0.05, 0) is 43.7 Å². The Morgan fingerprint density at radius 3 is 2.58 bits per heavy atom. The first kappa shape index (κ1) is 16.7. The van der Waals surface area contributed by atoms with Gasteiger partial charge in [0.1, 0.15) is 0 Å². The molecule has 1 aromatic heterocycles. The normalized spacial score (nSPS) is 21.7. The van der Waals surface area contributed by atoms with Crippen LogP contribution in [0.1, 0.15) is 48.5 Å². The van der Waals surface area contributed by atoms with E-state index in [4.69, 9.17) is 0 Å². The maximum Gasteiger partial charge on any atom is 0.418 e. The lowest BCUT2D eigenvalue weighted by molar-refractivity contribution is -0.136. The van der Waals surface area contributed by atoms with Gasteiger partial charge in [0.2, 0.25) is 0 Å². The summed E-state index contributed by atoms with van der Waals surface area (Å²) in [5, 5.41) is 3.28. The minimum atomic E-state index is -4.46. The molecule has 0 atom stereocenters. The van der Waals surface area contributed by atoms with E-state index in [1.54, 1.807) is 0 Å². The van der Waals surface area contributed by atoms with Gasteiger partial charge >= 0.3 is 6.18 Å². The molecule has 6 heteroatoms. The molecule has 3 nitrogen and oxygen atoms in total. The number of halogens is 3. The first-order valence-corrected chi connectivity index (χ1v) is 8.11. The van der Waals surface area contributed by atoms with E-state index in [1.165, 1.54) is 24.4 Å². The van der Waals surface area contributed by atoms with Gasteiger partial charge in [-0.1, -0.05) is 19.1 Å². The quantitative estimate of drug-likeness (QED) is 0.873. The average molecular weight is 336 g/mol. The van der Waals surface area contributed by atoms with Crippen molar-refractivity contribution >= 4 is 16.8 Å². The summed E-state index contributed by atoms with van der Waals surface area (Å²) in [6.45, 7) is 2.20. The number of carbonyl (C=O) groups is 1. The number of fused-ring (bicyclic) bond motifs is 1. The topological polar surface area (TPSA) is 42.0 Å². The van der Waals surface area contributed by atoms with Crippen LogP contribution in [0.25, 0.3) is 10.9 Å². The molecule has 3 rings (SSSR count). The van der Waals surface area contributed by atoms with Crippen LogP contribution in [0, 0.1) is 5.92 Å². The average Bonchev–Trinajstić information content (AvgIpc) is 2.55. The highest BCUT2D eigenvalue weighted by Gasteiger charge is 2.33. The third-order valence-electron chi connectivity index (χ3n) is 4.63. The van der Waals surface area contributed by atoms with Crippen LogP contribution in [-0.4, -0.2) is 16.9 Å². The highest BCUT2D eigenvalue weighted by atomic mass is 19.4. The minimum Gasteiger partial charge on any atom is -0.349 e. The second-order valence-electron chi connectivity index (χ2n) is 6.53. The molecule has 1 heterocycles. The molecule has 0 unspecified atom stereocenters. The van der Waals surface area contributed by atoms with Crippen molar-refractivity contribution in [3.8, 4) is 0 Å². The largest absolute Gasteiger partial charge is 0.418 e. The Morgan fingerprint density at radius 1 is 1.21 bits per heavy atom. The lowest BCUT2D eigenvalue weighted by atomic mass is 9.87. The van der Waals surface area contributed by atoms with Crippen LogP contribution in [0.5, 0.6) is 0 Å². The molecule has 0 bridgehead atoms. The number of nitrogens with zero attached hydrogens (tertiary/aromatic N) is 1. The van der Waals surface area contributed by atoms with Crippen LogP contribution in [0.2, 0.25) is 0 Å². The summed E-state index contributed by atoms with van der Waals surface area (Å²) in [7, 11) is 0. The number of hydrogen-bond acceptors (Lipinski definition) is 2. The zero-order chi connectivity index (χ0) is 17.3. The molecule has 128 valence electrons. The number of para-hydroxylation sites is 1. The zero-order valence-electron chi connectivity index (χ0n) is 13.4. The SMILES string of the molecule is CC1CCC(NC(=O)c2cnc3c(C(F)(F)F)cccc3c2)CC1. The molecule has 1 aliphatic carbocycles. The van der Waals surface area contributed by atoms with Crippen molar-refractivity contribution in [2.24, 2.45) is 5.92 Å². The van der Waals surface area contributed by atoms with Crippen molar-refractivity contribution in [1.29, 1.82) is 0 Å². The Balaban J connectivity index is 1.82. The Labute approximate surface area is 138 Å². The van der Waals surface area contributed by atoms with Gasteiger partial charge < -0.3 is 5.32 Å². The Hall–Kier alpha value is -2.11. The Kier molecular flexibility index (Phi) is 4.47. The standard InChI is InChI=1S/C18H19F3N2O/c1-11-5-7-14(8-6-11)23-17(24)13-9-12-3-2-4-15(18(19,20)21)16(12)22-10-13/h2-4,9-11,14H,5-8H2,1H3,(H,23,24). The van der Waals surface area contributed by atoms with E-state index >= 15 is 0 Å². The van der Waals surface area contributed by atoms with Gasteiger partial charge in [-0.2, -0.15) is 13.2 Å². The number of aromatic nitrogens is 1. The highest BCUT2D eigenvalue weighted by Crippen LogP contribution is 2.33. The maximum atomic E-state index is 13.0. The summed E-state index contributed by atoms with van der Waals surface area (Å²) in [4.78, 5) is 16.2. The van der Waals surface area contributed by atoms with E-state index in [0.29, 0.717) is 16.9 Å². The lowest BCUT2D eigenvalue weighted by Crippen LogP contribution is -2.37. The fourth-order valence-corrected chi connectivity index (χ4v) is 3.19. The van der Waals surface area contributed by atoms with Crippen molar-refractivity contribution < 1.29 is 18.0 Å². The molecule has 24 heavy (non-hydrogen) atoms. The van der Waals surface area contributed by atoms with E-state index in [1.807, 2.05) is 0 Å². The second kappa shape index (κ2) is 6.42. The number of amides is 1. The van der Waals surface area contributed by atoms with E-state index in [2.05, 4.69) is 17.2 Å². The van der Waals surface area contributed by atoms with E-state index in [9.17, 15) is 18.0 Å². The fraction of sp³-hybridized carbons (Fsp3) is 0.444. The maximum absolute atomic E-state index is 13.0. The van der Waals surface area contributed by atoms with Gasteiger partial charge in [-0.15, -0.1) is 0 Å². The fourth-order valence-electron chi connectivity index (χ4n) is 3.19. The number of rotatable bonds is 2. The van der Waals surface area contributed by atoms with Crippen LogP contribution in [0.3, 0.4) is 0 Å². The summed E-state index contributed by atoms with van der Waals surface area (Å²) in [5.74, 6) is 0.405. The van der Waals surface area contributed by atoms with E-state index < -0.39 is 11.7 Å². The number of alkyl halides is 3. The molecule has 1 fully saturated rings. The molecular weight excluding hydrogens is 317 g/mol. The third kappa shape index (κ3) is 3.52. The van der Waals surface area contributed by atoms with Gasteiger partial charge in [0.05, 0.1) is 16.6 Å². The van der Waals surface area contributed by atoms with Gasteiger partial charge in [0.15, 0.2) is 0 Å². The second-order valence-corrected chi connectivity index (χ2v) is 6.53. The third-order valence-corrected chi connectivity index (χ3v) is 4.63. The first-order valence-electron chi connectivity index (χ1n) is 8.11. The molecule has 1 saturated carbocycles. The van der Waals surface area contributed by atoms with Gasteiger partial charge in [0.25, 0.3) is 5.91 Å². The summed E-state index contributed by atoms with van der Waals surface area (Å²) >= 11 is 0. The number of pyridine rings is 1. The van der Waals surface area contributed by atoms with Gasteiger partial charge in [-0.25, -0.2) is 0 Å². The van der Waals surface area contributed by atoms with Crippen molar-refractivity contribution in [3.05, 3.63) is 41.6 Å². The number of hydrogen-bond donors (Lipinski definition) is 1. The zero-order valence-corrected chi connectivity index (χ0v) is 13.4. The lowest BCUT2D eigenvalue weighted by Gasteiger charge is -2.26. The summed E-state index contributed by atoms with van der Waals surface area (Å²) in [6, 6.07) is 5.47. The van der Waals surface area contributed by atoms with Crippen LogP contribution in [-0.2, 0) is 6.18 Å². The predicted octanol–water partition coefficient (Wildman–Crippen LogP) is 4.56. The molecule has 1 aromatic carbocycles. The number of carbonyl (C=O) groups excluding carboxylic acids is 1. The van der Waals surface area contributed by atoms with Gasteiger partial charge in [-0.3, -0.25) is 9.78 Å². The van der Waals surface area contributed by atoms with Crippen molar-refractivity contribution in [1.82, 2.24) is 10.3 Å². The van der Waals surface area contributed by atoms with Gasteiger partial charge in [0, 0.05) is 17.6 Å². The van der Waals surface area contributed by atoms with Crippen LogP contribution < -0.4 is 5.32 Å². The first-order chi connectivity index (χ1) is 11.3. The molecule has 0 radical (unpaired) electrons. The number of nitrogens with one attached hydrogen (secondary N) is 1. The molecule has 0 saturated heterocycles. The smallest absolute Gasteiger partial charge is 0.349 e. The van der Waals surface area contributed by atoms with E-state index in [0.717, 1.165) is 31.7 Å². The predicted molar refractivity (Wildman–Crippen MR) is 85.6 cm³/mol. The van der Waals surface area contributed by atoms with Crippen LogP contribution >= 0.6 is 0 Å². The molecule has 0 spiro atoms. The molecule has 2 aromatic rings. The molecular formula is C18H19F3N2O. The van der Waals surface area contributed by atoms with Crippen molar-refractivity contribution in [2.75, 3.05) is 0 Å².